The monoisotopic (exact) mass is 306 g/mol. The maximum Gasteiger partial charge on any atom is 0.274 e. The summed E-state index contributed by atoms with van der Waals surface area (Å²) in [5.41, 5.74) is 3.34. The molecule has 0 radical (unpaired) electrons. The summed E-state index contributed by atoms with van der Waals surface area (Å²) in [6.45, 7) is 3.50. The van der Waals surface area contributed by atoms with E-state index < -0.39 is 0 Å². The summed E-state index contributed by atoms with van der Waals surface area (Å²) < 4.78 is 3.70. The van der Waals surface area contributed by atoms with E-state index in [4.69, 9.17) is 5.26 Å². The topological polar surface area (TPSA) is 79.2 Å². The first-order valence-corrected chi connectivity index (χ1v) is 7.37. The van der Waals surface area contributed by atoms with Gasteiger partial charge in [-0.25, -0.2) is 4.98 Å². The van der Waals surface area contributed by atoms with Gasteiger partial charge in [-0.1, -0.05) is 6.07 Å². The van der Waals surface area contributed by atoms with E-state index in [1.807, 2.05) is 41.8 Å². The number of carbonyl (C=O) groups excluding carboxylic acids is 1. The Balaban J connectivity index is 1.66. The number of rotatable bonds is 1. The van der Waals surface area contributed by atoms with E-state index in [-0.39, 0.29) is 5.91 Å². The number of nitrogens with zero attached hydrogens (tertiary/aromatic N) is 6. The zero-order valence-electron chi connectivity index (χ0n) is 12.6. The third-order valence-electron chi connectivity index (χ3n) is 4.17. The highest BCUT2D eigenvalue weighted by atomic mass is 16.2. The van der Waals surface area contributed by atoms with E-state index in [0.29, 0.717) is 31.0 Å². The number of hydrogen-bond donors (Lipinski definition) is 0. The molecule has 3 aromatic heterocycles. The summed E-state index contributed by atoms with van der Waals surface area (Å²) in [5.74, 6) is -0.0860. The minimum atomic E-state index is -0.0860. The Morgan fingerprint density at radius 1 is 1.35 bits per heavy atom. The first-order chi connectivity index (χ1) is 11.2. The fraction of sp³-hybridized carbons (Fsp3) is 0.250. The maximum absolute atomic E-state index is 12.8. The summed E-state index contributed by atoms with van der Waals surface area (Å²) in [6, 6.07) is 9.47. The molecule has 0 unspecified atom stereocenters. The largest absolute Gasteiger partial charge is 0.330 e. The van der Waals surface area contributed by atoms with Crippen molar-refractivity contribution in [3.63, 3.8) is 0 Å². The Morgan fingerprint density at radius 3 is 3.00 bits per heavy atom. The van der Waals surface area contributed by atoms with E-state index in [1.165, 1.54) is 0 Å². The van der Waals surface area contributed by atoms with Gasteiger partial charge in [-0.05, 0) is 25.1 Å². The van der Waals surface area contributed by atoms with Crippen molar-refractivity contribution in [3.05, 3.63) is 53.2 Å². The number of nitriles is 1. The van der Waals surface area contributed by atoms with E-state index in [0.717, 1.165) is 17.0 Å². The smallest absolute Gasteiger partial charge is 0.274 e. The van der Waals surface area contributed by atoms with E-state index >= 15 is 0 Å². The lowest BCUT2D eigenvalue weighted by molar-refractivity contribution is 0.0700. The molecule has 0 bridgehead atoms. The van der Waals surface area contributed by atoms with Crippen molar-refractivity contribution in [2.45, 2.75) is 20.0 Å². The summed E-state index contributed by atoms with van der Waals surface area (Å²) >= 11 is 0. The molecule has 23 heavy (non-hydrogen) atoms. The highest BCUT2D eigenvalue weighted by Gasteiger charge is 2.26. The second-order valence-electron chi connectivity index (χ2n) is 5.56. The van der Waals surface area contributed by atoms with Crippen molar-refractivity contribution in [1.29, 1.82) is 5.26 Å². The highest BCUT2D eigenvalue weighted by Crippen LogP contribution is 2.18. The number of pyridine rings is 1. The average molecular weight is 306 g/mol. The van der Waals surface area contributed by atoms with Crippen molar-refractivity contribution >= 4 is 11.6 Å². The van der Waals surface area contributed by atoms with Gasteiger partial charge in [-0.3, -0.25) is 9.48 Å². The van der Waals surface area contributed by atoms with Crippen molar-refractivity contribution in [1.82, 2.24) is 24.1 Å². The normalized spacial score (nSPS) is 13.8. The number of fused-ring (bicyclic) bond motifs is 2. The lowest BCUT2D eigenvalue weighted by Crippen LogP contribution is -2.38. The Labute approximate surface area is 132 Å². The third kappa shape index (κ3) is 2.07. The van der Waals surface area contributed by atoms with E-state index in [9.17, 15) is 4.79 Å². The first-order valence-electron chi connectivity index (χ1n) is 7.37. The van der Waals surface area contributed by atoms with Crippen LogP contribution in [-0.4, -0.2) is 36.5 Å². The van der Waals surface area contributed by atoms with Crippen molar-refractivity contribution in [2.75, 3.05) is 6.54 Å². The van der Waals surface area contributed by atoms with Gasteiger partial charge in [0.05, 0.1) is 24.5 Å². The Kier molecular flexibility index (Phi) is 2.91. The molecule has 0 saturated heterocycles. The lowest BCUT2D eigenvalue weighted by atomic mass is 10.2. The van der Waals surface area contributed by atoms with Crippen molar-refractivity contribution in [2.24, 2.45) is 0 Å². The van der Waals surface area contributed by atoms with Gasteiger partial charge in [0.2, 0.25) is 0 Å². The molecule has 114 valence electrons. The highest BCUT2D eigenvalue weighted by molar-refractivity contribution is 5.94. The van der Waals surface area contributed by atoms with Gasteiger partial charge in [0.25, 0.3) is 5.91 Å². The standard InChI is InChI=1S/C16H14N6O/c1-11-15(18-14-4-2-3-5-21(11)14)16(23)20-6-7-22-13(10-20)8-12(9-17)19-22/h2-5,8H,6-7,10H2,1H3. The van der Waals surface area contributed by atoms with Crippen molar-refractivity contribution < 1.29 is 4.79 Å². The molecule has 0 N–H and O–H groups in total. The zero-order chi connectivity index (χ0) is 16.0. The van der Waals surface area contributed by atoms with Gasteiger partial charge in [0, 0.05) is 12.7 Å². The SMILES string of the molecule is Cc1c(C(=O)N2CCn3nc(C#N)cc3C2)nc2ccccn12. The molecule has 0 spiro atoms. The molecular weight excluding hydrogens is 292 g/mol. The molecule has 7 heteroatoms. The molecule has 0 aliphatic carbocycles. The van der Waals surface area contributed by atoms with Gasteiger partial charge < -0.3 is 9.30 Å². The molecule has 1 aliphatic heterocycles. The van der Waals surface area contributed by atoms with Crippen LogP contribution in [0.5, 0.6) is 0 Å². The number of amides is 1. The quantitative estimate of drug-likeness (QED) is 0.680. The minimum absolute atomic E-state index is 0.0860. The summed E-state index contributed by atoms with van der Waals surface area (Å²) in [4.78, 5) is 19.1. The molecule has 4 heterocycles. The summed E-state index contributed by atoms with van der Waals surface area (Å²) in [6.07, 6.45) is 1.90. The van der Waals surface area contributed by atoms with E-state index in [2.05, 4.69) is 10.1 Å². The predicted molar refractivity (Wildman–Crippen MR) is 81.6 cm³/mol. The number of aromatic nitrogens is 4. The third-order valence-corrected chi connectivity index (χ3v) is 4.17. The Bertz CT molecular complexity index is 961. The van der Waals surface area contributed by atoms with Crippen LogP contribution >= 0.6 is 0 Å². The molecule has 0 atom stereocenters. The van der Waals surface area contributed by atoms with Gasteiger partial charge in [-0.15, -0.1) is 0 Å². The van der Waals surface area contributed by atoms with Gasteiger partial charge in [0.15, 0.2) is 5.69 Å². The fourth-order valence-electron chi connectivity index (χ4n) is 2.97. The summed E-state index contributed by atoms with van der Waals surface area (Å²) in [5, 5.41) is 13.1. The van der Waals surface area contributed by atoms with Crippen molar-refractivity contribution in [3.8, 4) is 6.07 Å². The second-order valence-corrected chi connectivity index (χ2v) is 5.56. The maximum atomic E-state index is 12.8. The molecule has 0 saturated carbocycles. The fourth-order valence-corrected chi connectivity index (χ4v) is 2.97. The predicted octanol–water partition coefficient (Wildman–Crippen LogP) is 1.37. The van der Waals surface area contributed by atoms with Gasteiger partial charge in [0.1, 0.15) is 17.4 Å². The minimum Gasteiger partial charge on any atom is -0.330 e. The molecule has 4 rings (SSSR count). The number of imidazole rings is 1. The molecule has 7 nitrogen and oxygen atoms in total. The number of hydrogen-bond acceptors (Lipinski definition) is 4. The van der Waals surface area contributed by atoms with Gasteiger partial charge >= 0.3 is 0 Å². The molecule has 0 fully saturated rings. The number of aryl methyl sites for hydroxylation is 1. The molecule has 3 aromatic rings. The lowest BCUT2D eigenvalue weighted by Gasteiger charge is -2.27. The number of carbonyl (C=O) groups is 1. The molecule has 1 amide bonds. The van der Waals surface area contributed by atoms with Crippen LogP contribution in [0.1, 0.15) is 27.6 Å². The summed E-state index contributed by atoms with van der Waals surface area (Å²) in [7, 11) is 0. The van der Waals surface area contributed by atoms with Crippen LogP contribution in [0, 0.1) is 18.3 Å². The van der Waals surface area contributed by atoms with Crippen LogP contribution in [0.25, 0.3) is 5.65 Å². The second kappa shape index (κ2) is 4.95. The van der Waals surface area contributed by atoms with Crippen LogP contribution in [-0.2, 0) is 13.1 Å². The van der Waals surface area contributed by atoms with Crippen LogP contribution in [0.3, 0.4) is 0 Å². The van der Waals surface area contributed by atoms with Crippen LogP contribution in [0.2, 0.25) is 0 Å². The molecule has 1 aliphatic rings. The van der Waals surface area contributed by atoms with Gasteiger partial charge in [-0.2, -0.15) is 10.4 Å². The molecule has 0 aromatic carbocycles. The Hall–Kier alpha value is -3.14. The first kappa shape index (κ1) is 13.5. The van der Waals surface area contributed by atoms with E-state index in [1.54, 1.807) is 15.6 Å². The van der Waals surface area contributed by atoms with Crippen LogP contribution < -0.4 is 0 Å². The van der Waals surface area contributed by atoms with Crippen LogP contribution in [0.4, 0.5) is 0 Å². The molecular formula is C16H14N6O. The Morgan fingerprint density at radius 2 is 2.22 bits per heavy atom. The zero-order valence-corrected chi connectivity index (χ0v) is 12.6. The van der Waals surface area contributed by atoms with Crippen LogP contribution in [0.15, 0.2) is 30.5 Å². The average Bonchev–Trinajstić information content (AvgIpc) is 3.15.